The number of halogens is 3. The van der Waals surface area contributed by atoms with E-state index in [0.717, 1.165) is 11.1 Å². The van der Waals surface area contributed by atoms with Crippen LogP contribution in [0.25, 0.3) is 0 Å². The molecule has 0 radical (unpaired) electrons. The smallest absolute Gasteiger partial charge is 0.308 e. The highest BCUT2D eigenvalue weighted by atomic mass is 19.4. The molecule has 0 aromatic heterocycles. The number of hydrogen-bond donors (Lipinski definition) is 1. The Morgan fingerprint density at radius 2 is 1.62 bits per heavy atom. The molecule has 1 aromatic carbocycles. The molecule has 0 heterocycles. The van der Waals surface area contributed by atoms with Gasteiger partial charge in [-0.15, -0.1) is 0 Å². The van der Waals surface area contributed by atoms with Crippen LogP contribution < -0.4 is 5.32 Å². The molecule has 0 amide bonds. The first-order valence-corrected chi connectivity index (χ1v) is 7.21. The molecular weight excluding hydrogens is 277 g/mol. The highest BCUT2D eigenvalue weighted by Crippen LogP contribution is 2.19. The molecule has 120 valence electrons. The summed E-state index contributed by atoms with van der Waals surface area (Å²) >= 11 is 0. The van der Waals surface area contributed by atoms with E-state index >= 15 is 0 Å². The Hall–Kier alpha value is -1.07. The Kier molecular flexibility index (Phi) is 6.23. The van der Waals surface area contributed by atoms with Gasteiger partial charge in [-0.25, -0.2) is 0 Å². The fourth-order valence-corrected chi connectivity index (χ4v) is 2.02. The van der Waals surface area contributed by atoms with Gasteiger partial charge in [0.05, 0.1) is 6.54 Å². The highest BCUT2D eigenvalue weighted by Gasteiger charge is 2.30. The van der Waals surface area contributed by atoms with Crippen molar-refractivity contribution in [1.82, 2.24) is 10.2 Å². The monoisotopic (exact) mass is 302 g/mol. The minimum absolute atomic E-state index is 0.0243. The van der Waals surface area contributed by atoms with Crippen LogP contribution in [0.3, 0.4) is 0 Å². The van der Waals surface area contributed by atoms with Crippen LogP contribution >= 0.6 is 0 Å². The predicted octanol–water partition coefficient (Wildman–Crippen LogP) is 3.96. The van der Waals surface area contributed by atoms with E-state index in [1.165, 1.54) is 4.90 Å². The van der Waals surface area contributed by atoms with Crippen molar-refractivity contribution in [3.63, 3.8) is 0 Å². The largest absolute Gasteiger partial charge is 0.401 e. The lowest BCUT2D eigenvalue weighted by Crippen LogP contribution is -2.36. The third kappa shape index (κ3) is 7.48. The van der Waals surface area contributed by atoms with E-state index in [-0.39, 0.29) is 5.54 Å². The zero-order chi connectivity index (χ0) is 16.1. The Bertz CT molecular complexity index is 436. The van der Waals surface area contributed by atoms with E-state index in [9.17, 15) is 13.2 Å². The van der Waals surface area contributed by atoms with Crippen molar-refractivity contribution in [2.24, 2.45) is 0 Å². The average molecular weight is 302 g/mol. The standard InChI is InChI=1S/C16H25F3N2/c1-5-21(12-16(17,18)19)11-14-9-7-6-8-13(14)10-20-15(2,3)4/h6-9,20H,5,10-12H2,1-4H3. The van der Waals surface area contributed by atoms with Gasteiger partial charge in [-0.1, -0.05) is 31.2 Å². The number of nitrogens with zero attached hydrogens (tertiary/aromatic N) is 1. The van der Waals surface area contributed by atoms with E-state index in [4.69, 9.17) is 0 Å². The van der Waals surface area contributed by atoms with Gasteiger partial charge in [0, 0.05) is 18.6 Å². The van der Waals surface area contributed by atoms with E-state index in [2.05, 4.69) is 26.1 Å². The van der Waals surface area contributed by atoms with Crippen molar-refractivity contribution in [1.29, 1.82) is 0 Å². The van der Waals surface area contributed by atoms with E-state index in [1.807, 2.05) is 24.3 Å². The number of benzene rings is 1. The van der Waals surface area contributed by atoms with Crippen LogP contribution in [-0.2, 0) is 13.1 Å². The third-order valence-electron chi connectivity index (χ3n) is 3.17. The number of alkyl halides is 3. The average Bonchev–Trinajstić information content (AvgIpc) is 2.34. The Morgan fingerprint density at radius 1 is 1.05 bits per heavy atom. The fraction of sp³-hybridized carbons (Fsp3) is 0.625. The van der Waals surface area contributed by atoms with Gasteiger partial charge in [-0.05, 0) is 38.4 Å². The van der Waals surface area contributed by atoms with Crippen LogP contribution in [-0.4, -0.2) is 29.7 Å². The maximum Gasteiger partial charge on any atom is 0.401 e. The summed E-state index contributed by atoms with van der Waals surface area (Å²) in [6, 6.07) is 7.66. The summed E-state index contributed by atoms with van der Waals surface area (Å²) in [6.07, 6.45) is -4.16. The van der Waals surface area contributed by atoms with Crippen molar-refractivity contribution in [3.05, 3.63) is 35.4 Å². The fourth-order valence-electron chi connectivity index (χ4n) is 2.02. The van der Waals surface area contributed by atoms with Crippen molar-refractivity contribution < 1.29 is 13.2 Å². The van der Waals surface area contributed by atoms with Crippen molar-refractivity contribution in [3.8, 4) is 0 Å². The van der Waals surface area contributed by atoms with Crippen LogP contribution in [0.1, 0.15) is 38.8 Å². The summed E-state index contributed by atoms with van der Waals surface area (Å²) in [5.41, 5.74) is 1.97. The SMILES string of the molecule is CCN(Cc1ccccc1CNC(C)(C)C)CC(F)(F)F. The highest BCUT2D eigenvalue weighted by molar-refractivity contribution is 5.27. The summed E-state index contributed by atoms with van der Waals surface area (Å²) in [5, 5.41) is 3.38. The molecule has 0 saturated carbocycles. The zero-order valence-corrected chi connectivity index (χ0v) is 13.2. The van der Waals surface area contributed by atoms with Crippen LogP contribution in [0.15, 0.2) is 24.3 Å². The summed E-state index contributed by atoms with van der Waals surface area (Å²) in [7, 11) is 0. The lowest BCUT2D eigenvalue weighted by atomic mass is 10.0. The first-order chi connectivity index (χ1) is 9.61. The minimum atomic E-state index is -4.16. The summed E-state index contributed by atoms with van der Waals surface area (Å²) in [5.74, 6) is 0. The first kappa shape index (κ1) is 18.0. The van der Waals surface area contributed by atoms with Gasteiger partial charge < -0.3 is 5.32 Å². The van der Waals surface area contributed by atoms with Crippen LogP contribution in [0.5, 0.6) is 0 Å². The van der Waals surface area contributed by atoms with Gasteiger partial charge in [0.1, 0.15) is 0 Å². The predicted molar refractivity (Wildman–Crippen MR) is 80.0 cm³/mol. The molecule has 0 aliphatic heterocycles. The molecule has 0 atom stereocenters. The summed E-state index contributed by atoms with van der Waals surface area (Å²) in [4.78, 5) is 1.41. The van der Waals surface area contributed by atoms with Gasteiger partial charge in [0.2, 0.25) is 0 Å². The first-order valence-electron chi connectivity index (χ1n) is 7.21. The second-order valence-electron chi connectivity index (χ2n) is 6.29. The summed E-state index contributed by atoms with van der Waals surface area (Å²) in [6.45, 7) is 8.43. The van der Waals surface area contributed by atoms with Crippen molar-refractivity contribution >= 4 is 0 Å². The van der Waals surface area contributed by atoms with Crippen LogP contribution in [0, 0.1) is 0 Å². The molecule has 1 aromatic rings. The molecule has 21 heavy (non-hydrogen) atoms. The van der Waals surface area contributed by atoms with Gasteiger partial charge in [-0.3, -0.25) is 4.90 Å². The second-order valence-corrected chi connectivity index (χ2v) is 6.29. The van der Waals surface area contributed by atoms with Crippen LogP contribution in [0.4, 0.5) is 13.2 Å². The number of hydrogen-bond acceptors (Lipinski definition) is 2. The molecule has 2 nitrogen and oxygen atoms in total. The number of nitrogens with one attached hydrogen (secondary N) is 1. The van der Waals surface area contributed by atoms with Gasteiger partial charge in [-0.2, -0.15) is 13.2 Å². The molecule has 0 unspecified atom stereocenters. The van der Waals surface area contributed by atoms with Gasteiger partial charge >= 0.3 is 6.18 Å². The van der Waals surface area contributed by atoms with E-state index < -0.39 is 12.7 Å². The summed E-state index contributed by atoms with van der Waals surface area (Å²) < 4.78 is 37.6. The molecule has 0 aliphatic carbocycles. The molecular formula is C16H25F3N2. The normalized spacial score (nSPS) is 13.0. The molecule has 0 saturated heterocycles. The molecule has 0 fully saturated rings. The molecule has 0 spiro atoms. The molecule has 1 N–H and O–H groups in total. The number of rotatable bonds is 6. The minimum Gasteiger partial charge on any atom is -0.308 e. The van der Waals surface area contributed by atoms with E-state index in [1.54, 1.807) is 6.92 Å². The lowest BCUT2D eigenvalue weighted by Gasteiger charge is -2.25. The molecule has 5 heteroatoms. The van der Waals surface area contributed by atoms with Crippen molar-refractivity contribution in [2.75, 3.05) is 13.1 Å². The zero-order valence-electron chi connectivity index (χ0n) is 13.2. The van der Waals surface area contributed by atoms with Gasteiger partial charge in [0.25, 0.3) is 0 Å². The Labute approximate surface area is 125 Å². The topological polar surface area (TPSA) is 15.3 Å². The third-order valence-corrected chi connectivity index (χ3v) is 3.17. The van der Waals surface area contributed by atoms with Gasteiger partial charge in [0.15, 0.2) is 0 Å². The Morgan fingerprint density at radius 3 is 2.10 bits per heavy atom. The molecule has 1 rings (SSSR count). The quantitative estimate of drug-likeness (QED) is 0.855. The second kappa shape index (κ2) is 7.27. The van der Waals surface area contributed by atoms with Crippen LogP contribution in [0.2, 0.25) is 0 Å². The Balaban J connectivity index is 2.77. The lowest BCUT2D eigenvalue weighted by molar-refractivity contribution is -0.146. The maximum absolute atomic E-state index is 12.5. The molecule has 0 bridgehead atoms. The van der Waals surface area contributed by atoms with Crippen molar-refractivity contribution in [2.45, 2.75) is 52.5 Å². The van der Waals surface area contributed by atoms with E-state index in [0.29, 0.717) is 19.6 Å². The maximum atomic E-state index is 12.5. The molecule has 0 aliphatic rings.